The summed E-state index contributed by atoms with van der Waals surface area (Å²) in [7, 11) is 1.26. The zero-order chi connectivity index (χ0) is 20.3. The number of rotatable bonds is 5. The molecule has 0 aliphatic carbocycles. The molecule has 0 spiro atoms. The third-order valence-electron chi connectivity index (χ3n) is 4.52. The Labute approximate surface area is 172 Å². The van der Waals surface area contributed by atoms with Crippen molar-refractivity contribution in [2.24, 2.45) is 5.92 Å². The van der Waals surface area contributed by atoms with Gasteiger partial charge in [0.1, 0.15) is 0 Å². The summed E-state index contributed by atoms with van der Waals surface area (Å²) in [5, 5.41) is 2.99. The van der Waals surface area contributed by atoms with Crippen LogP contribution in [0.1, 0.15) is 16.8 Å². The Hall–Kier alpha value is -2.51. The summed E-state index contributed by atoms with van der Waals surface area (Å²) in [6.45, 7) is 0.306. The molecule has 0 bridgehead atoms. The fraction of sp³-hybridized carbons (Fsp3) is 0.250. The highest BCUT2D eigenvalue weighted by Gasteiger charge is 2.35. The Morgan fingerprint density at radius 2 is 1.93 bits per heavy atom. The smallest absolute Gasteiger partial charge is 0.339 e. The highest BCUT2D eigenvalue weighted by Crippen LogP contribution is 2.28. The normalized spacial score (nSPS) is 16.2. The summed E-state index contributed by atoms with van der Waals surface area (Å²) < 4.78 is 4.68. The number of hydrogen-bond donors (Lipinski definition) is 1. The van der Waals surface area contributed by atoms with Crippen LogP contribution in [0.3, 0.4) is 0 Å². The lowest BCUT2D eigenvalue weighted by atomic mass is 10.1. The number of anilines is 2. The fourth-order valence-corrected chi connectivity index (χ4v) is 3.61. The molecule has 0 aromatic heterocycles. The van der Waals surface area contributed by atoms with E-state index >= 15 is 0 Å². The lowest BCUT2D eigenvalue weighted by Crippen LogP contribution is -2.28. The van der Waals surface area contributed by atoms with Crippen LogP contribution in [-0.4, -0.2) is 37.7 Å². The van der Waals surface area contributed by atoms with Crippen molar-refractivity contribution in [3.63, 3.8) is 0 Å². The van der Waals surface area contributed by atoms with Gasteiger partial charge in [0.15, 0.2) is 0 Å². The minimum Gasteiger partial charge on any atom is -0.465 e. The van der Waals surface area contributed by atoms with Crippen molar-refractivity contribution < 1.29 is 19.1 Å². The number of halogens is 1. The largest absolute Gasteiger partial charge is 0.465 e. The average Bonchev–Trinajstić information content (AvgIpc) is 3.10. The zero-order valence-electron chi connectivity index (χ0n) is 15.4. The molecule has 1 aliphatic heterocycles. The summed E-state index contributed by atoms with van der Waals surface area (Å²) in [6.07, 6.45) is 2.12. The third kappa shape index (κ3) is 4.31. The first-order chi connectivity index (χ1) is 13.4. The van der Waals surface area contributed by atoms with Crippen LogP contribution in [0.25, 0.3) is 0 Å². The number of benzene rings is 2. The maximum absolute atomic E-state index is 12.6. The van der Waals surface area contributed by atoms with Crippen LogP contribution in [0.2, 0.25) is 5.02 Å². The predicted octanol–water partition coefficient (Wildman–Crippen LogP) is 3.84. The second-order valence-electron chi connectivity index (χ2n) is 6.28. The van der Waals surface area contributed by atoms with Crippen LogP contribution < -0.4 is 10.2 Å². The van der Waals surface area contributed by atoms with Crippen LogP contribution in [0.5, 0.6) is 0 Å². The van der Waals surface area contributed by atoms with Gasteiger partial charge in [0.2, 0.25) is 11.8 Å². The summed E-state index contributed by atoms with van der Waals surface area (Å²) in [5.74, 6) is -1.44. The molecule has 6 nitrogen and oxygen atoms in total. The maximum atomic E-state index is 12.6. The van der Waals surface area contributed by atoms with Crippen LogP contribution in [-0.2, 0) is 14.3 Å². The van der Waals surface area contributed by atoms with Crippen molar-refractivity contribution in [2.45, 2.75) is 11.3 Å². The van der Waals surface area contributed by atoms with Gasteiger partial charge in [-0.3, -0.25) is 9.59 Å². The molecule has 2 aromatic rings. The van der Waals surface area contributed by atoms with E-state index in [1.807, 2.05) is 30.5 Å². The molecule has 2 amide bonds. The third-order valence-corrected chi connectivity index (χ3v) is 5.59. The lowest BCUT2D eigenvalue weighted by molar-refractivity contribution is -0.122. The highest BCUT2D eigenvalue weighted by molar-refractivity contribution is 7.98. The van der Waals surface area contributed by atoms with E-state index in [0.717, 1.165) is 10.6 Å². The monoisotopic (exact) mass is 418 g/mol. The molecular formula is C20H19ClN2O4S. The number of hydrogen-bond acceptors (Lipinski definition) is 5. The molecule has 1 aliphatic rings. The van der Waals surface area contributed by atoms with E-state index in [2.05, 4.69) is 10.1 Å². The first-order valence-corrected chi connectivity index (χ1v) is 10.2. The number of nitrogens with one attached hydrogen (secondary N) is 1. The Balaban J connectivity index is 1.70. The number of methoxy groups -OCH3 is 1. The van der Waals surface area contributed by atoms with E-state index in [1.165, 1.54) is 19.2 Å². The summed E-state index contributed by atoms with van der Waals surface area (Å²) >= 11 is 7.62. The molecule has 3 rings (SSSR count). The number of amides is 2. The van der Waals surface area contributed by atoms with E-state index in [-0.39, 0.29) is 28.8 Å². The van der Waals surface area contributed by atoms with Crippen molar-refractivity contribution in [3.8, 4) is 0 Å². The standard InChI is InChI=1S/C20H19ClN2O4S/c1-27-20(26)16-10-13(3-8-17(16)21)22-19(25)12-9-18(24)23(11-12)14-4-6-15(28-2)7-5-14/h3-8,10,12H,9,11H2,1-2H3,(H,22,25)/t12-/m0/s1. The van der Waals surface area contributed by atoms with Gasteiger partial charge in [0.05, 0.1) is 23.6 Å². The number of esters is 1. The van der Waals surface area contributed by atoms with E-state index in [1.54, 1.807) is 22.7 Å². The molecule has 8 heteroatoms. The average molecular weight is 419 g/mol. The van der Waals surface area contributed by atoms with Gasteiger partial charge in [-0.05, 0) is 48.7 Å². The molecule has 0 saturated carbocycles. The minimum absolute atomic E-state index is 0.0941. The molecule has 2 aromatic carbocycles. The molecule has 146 valence electrons. The SMILES string of the molecule is COC(=O)c1cc(NC(=O)[C@H]2CC(=O)N(c3ccc(SC)cc3)C2)ccc1Cl. The number of carbonyl (C=O) groups excluding carboxylic acids is 3. The first kappa shape index (κ1) is 20.2. The Morgan fingerprint density at radius 1 is 1.21 bits per heavy atom. The predicted molar refractivity (Wildman–Crippen MR) is 110 cm³/mol. The highest BCUT2D eigenvalue weighted by atomic mass is 35.5. The van der Waals surface area contributed by atoms with Gasteiger partial charge in [-0.1, -0.05) is 11.6 Å². The zero-order valence-corrected chi connectivity index (χ0v) is 17.0. The van der Waals surface area contributed by atoms with Crippen LogP contribution >= 0.6 is 23.4 Å². The van der Waals surface area contributed by atoms with Gasteiger partial charge in [0.25, 0.3) is 0 Å². The van der Waals surface area contributed by atoms with Gasteiger partial charge < -0.3 is 15.0 Å². The molecule has 28 heavy (non-hydrogen) atoms. The van der Waals surface area contributed by atoms with Crippen LogP contribution in [0.4, 0.5) is 11.4 Å². The number of nitrogens with zero attached hydrogens (tertiary/aromatic N) is 1. The molecule has 1 fully saturated rings. The number of ether oxygens (including phenoxy) is 1. The van der Waals surface area contributed by atoms with Gasteiger partial charge in [-0.2, -0.15) is 0 Å². The lowest BCUT2D eigenvalue weighted by Gasteiger charge is -2.17. The molecule has 1 atom stereocenters. The Kier molecular flexibility index (Phi) is 6.26. The fourth-order valence-electron chi connectivity index (χ4n) is 3.01. The molecule has 1 heterocycles. The molecule has 1 N–H and O–H groups in total. The summed E-state index contributed by atoms with van der Waals surface area (Å²) in [4.78, 5) is 39.5. The van der Waals surface area contributed by atoms with Crippen molar-refractivity contribution in [1.29, 1.82) is 0 Å². The van der Waals surface area contributed by atoms with Crippen molar-refractivity contribution in [3.05, 3.63) is 53.1 Å². The summed E-state index contributed by atoms with van der Waals surface area (Å²) in [5.41, 5.74) is 1.36. The Bertz CT molecular complexity index is 917. The quantitative estimate of drug-likeness (QED) is 0.589. The second-order valence-corrected chi connectivity index (χ2v) is 7.57. The topological polar surface area (TPSA) is 75.7 Å². The van der Waals surface area contributed by atoms with E-state index in [9.17, 15) is 14.4 Å². The van der Waals surface area contributed by atoms with Gasteiger partial charge in [-0.25, -0.2) is 4.79 Å². The van der Waals surface area contributed by atoms with E-state index in [4.69, 9.17) is 11.6 Å². The Morgan fingerprint density at radius 3 is 2.57 bits per heavy atom. The van der Waals surface area contributed by atoms with Crippen molar-refractivity contribution >= 4 is 52.5 Å². The number of carbonyl (C=O) groups is 3. The summed E-state index contributed by atoms with van der Waals surface area (Å²) in [6, 6.07) is 12.2. The van der Waals surface area contributed by atoms with Crippen LogP contribution in [0.15, 0.2) is 47.4 Å². The number of thioether (sulfide) groups is 1. The minimum atomic E-state index is -0.586. The maximum Gasteiger partial charge on any atom is 0.339 e. The van der Waals surface area contributed by atoms with Gasteiger partial charge in [-0.15, -0.1) is 11.8 Å². The van der Waals surface area contributed by atoms with E-state index < -0.39 is 11.9 Å². The molecular weight excluding hydrogens is 400 g/mol. The van der Waals surface area contributed by atoms with Crippen molar-refractivity contribution in [1.82, 2.24) is 0 Å². The van der Waals surface area contributed by atoms with Gasteiger partial charge in [0, 0.05) is 29.2 Å². The van der Waals surface area contributed by atoms with Gasteiger partial charge >= 0.3 is 5.97 Å². The molecule has 0 radical (unpaired) electrons. The second kappa shape index (κ2) is 8.67. The molecule has 1 saturated heterocycles. The first-order valence-electron chi connectivity index (χ1n) is 8.56. The van der Waals surface area contributed by atoms with Crippen molar-refractivity contribution in [2.75, 3.05) is 30.1 Å². The van der Waals surface area contributed by atoms with Crippen LogP contribution in [0, 0.1) is 5.92 Å². The van der Waals surface area contributed by atoms with E-state index in [0.29, 0.717) is 12.2 Å². The molecule has 0 unspecified atom stereocenters.